The quantitative estimate of drug-likeness (QED) is 0.263. The fourth-order valence-corrected chi connectivity index (χ4v) is 5.59. The third kappa shape index (κ3) is 4.70. The minimum atomic E-state index is -0.579. The highest BCUT2D eigenvalue weighted by atomic mass is 32.2. The molecule has 1 aliphatic rings. The fraction of sp³-hybridized carbons (Fsp3) is 0.435. The van der Waals surface area contributed by atoms with Crippen molar-refractivity contribution in [2.45, 2.75) is 71.0 Å². The number of nitro groups is 1. The second-order valence-electron chi connectivity index (χ2n) is 8.62. The molecule has 2 aromatic heterocycles. The van der Waals surface area contributed by atoms with E-state index >= 15 is 0 Å². The van der Waals surface area contributed by atoms with Crippen molar-refractivity contribution in [2.75, 3.05) is 4.90 Å². The van der Waals surface area contributed by atoms with Crippen molar-refractivity contribution in [2.24, 2.45) is 0 Å². The van der Waals surface area contributed by atoms with E-state index in [1.165, 1.54) is 16.7 Å². The van der Waals surface area contributed by atoms with Gasteiger partial charge in [-0.25, -0.2) is 4.90 Å². The van der Waals surface area contributed by atoms with Crippen molar-refractivity contribution in [1.82, 2.24) is 24.5 Å². The highest BCUT2D eigenvalue weighted by Crippen LogP contribution is 2.34. The maximum Gasteiger partial charge on any atom is 0.312 e. The Hall–Kier alpha value is -3.54. The zero-order chi connectivity index (χ0) is 25.4. The second kappa shape index (κ2) is 9.61. The summed E-state index contributed by atoms with van der Waals surface area (Å²) in [5, 5.41) is 24.1. The van der Waals surface area contributed by atoms with Crippen LogP contribution in [-0.2, 0) is 29.1 Å². The van der Waals surface area contributed by atoms with Crippen LogP contribution in [0.25, 0.3) is 0 Å². The van der Waals surface area contributed by atoms with Gasteiger partial charge in [-0.1, -0.05) is 17.8 Å². The third-order valence-corrected chi connectivity index (χ3v) is 7.17. The zero-order valence-electron chi connectivity index (χ0n) is 20.3. The van der Waals surface area contributed by atoms with Gasteiger partial charge in [0, 0.05) is 25.9 Å². The number of nitrogens with zero attached hydrogens (tertiary/aromatic N) is 7. The summed E-state index contributed by atoms with van der Waals surface area (Å²) in [6.07, 6.45) is 0.560. The standard InChI is InChI=1S/C23H27N7O4S/c1-6-27-19(7-8-28-16(5)21(30(33)34)15(4)26-28)24-25-23(27)35-18-12-20(31)29(22(18)32)17-10-13(2)9-14(3)11-17/h9-11,18H,6-8,12H2,1-5H3/t18-/m0/s1. The molecule has 1 saturated heterocycles. The van der Waals surface area contributed by atoms with Crippen molar-refractivity contribution < 1.29 is 14.5 Å². The molecular weight excluding hydrogens is 470 g/mol. The third-order valence-electron chi connectivity index (χ3n) is 6.00. The highest BCUT2D eigenvalue weighted by Gasteiger charge is 2.41. The SMILES string of the molecule is CCn1c(CCn2nc(C)c([N+](=O)[O-])c2C)nnc1S[C@H]1CC(=O)N(c2cc(C)cc(C)c2)C1=O. The van der Waals surface area contributed by atoms with Crippen LogP contribution in [0, 0.1) is 37.8 Å². The van der Waals surface area contributed by atoms with Gasteiger partial charge in [-0.3, -0.25) is 24.4 Å². The number of anilines is 1. The molecule has 184 valence electrons. The summed E-state index contributed by atoms with van der Waals surface area (Å²) in [7, 11) is 0. The van der Waals surface area contributed by atoms with Crippen molar-refractivity contribution in [3.8, 4) is 0 Å². The van der Waals surface area contributed by atoms with Gasteiger partial charge in [-0.15, -0.1) is 10.2 Å². The molecule has 2 amide bonds. The first-order chi connectivity index (χ1) is 16.6. The molecule has 1 aromatic carbocycles. The van der Waals surface area contributed by atoms with E-state index in [1.54, 1.807) is 18.5 Å². The molecule has 0 bridgehead atoms. The molecule has 12 heteroatoms. The maximum absolute atomic E-state index is 13.1. The Morgan fingerprint density at radius 2 is 1.80 bits per heavy atom. The zero-order valence-corrected chi connectivity index (χ0v) is 21.1. The molecule has 0 aliphatic carbocycles. The molecule has 0 spiro atoms. The average molecular weight is 498 g/mol. The molecule has 3 aromatic rings. The lowest BCUT2D eigenvalue weighted by molar-refractivity contribution is -0.386. The normalized spacial score (nSPS) is 15.9. The molecule has 1 atom stereocenters. The number of carbonyl (C=O) groups excluding carboxylic acids is 2. The molecule has 11 nitrogen and oxygen atoms in total. The number of thioether (sulfide) groups is 1. The molecule has 0 N–H and O–H groups in total. The summed E-state index contributed by atoms with van der Waals surface area (Å²) in [6.45, 7) is 10.1. The topological polar surface area (TPSA) is 129 Å². The number of hydrogen-bond acceptors (Lipinski definition) is 8. The highest BCUT2D eigenvalue weighted by molar-refractivity contribution is 8.00. The Morgan fingerprint density at radius 3 is 2.40 bits per heavy atom. The van der Waals surface area contributed by atoms with E-state index in [4.69, 9.17) is 0 Å². The number of aromatic nitrogens is 5. The molecule has 0 saturated carbocycles. The monoisotopic (exact) mass is 497 g/mol. The van der Waals surface area contributed by atoms with Gasteiger partial charge in [0.25, 0.3) is 0 Å². The Bertz CT molecular complexity index is 1310. The molecule has 0 unspecified atom stereocenters. The summed E-state index contributed by atoms with van der Waals surface area (Å²) in [5.74, 6) is 0.201. The summed E-state index contributed by atoms with van der Waals surface area (Å²) in [4.78, 5) is 38.0. The Kier molecular flexibility index (Phi) is 6.75. The predicted molar refractivity (Wildman–Crippen MR) is 130 cm³/mol. The van der Waals surface area contributed by atoms with Crippen LogP contribution in [0.2, 0.25) is 0 Å². The van der Waals surface area contributed by atoms with E-state index in [0.29, 0.717) is 47.6 Å². The van der Waals surface area contributed by atoms with Crippen LogP contribution in [0.15, 0.2) is 23.4 Å². The Morgan fingerprint density at radius 1 is 1.11 bits per heavy atom. The predicted octanol–water partition coefficient (Wildman–Crippen LogP) is 3.30. The van der Waals surface area contributed by atoms with Gasteiger partial charge in [-0.2, -0.15) is 5.10 Å². The summed E-state index contributed by atoms with van der Waals surface area (Å²) < 4.78 is 3.51. The van der Waals surface area contributed by atoms with Crippen LogP contribution in [0.1, 0.15) is 41.7 Å². The molecule has 4 rings (SSSR count). The van der Waals surface area contributed by atoms with E-state index in [9.17, 15) is 19.7 Å². The number of carbonyl (C=O) groups is 2. The lowest BCUT2D eigenvalue weighted by Gasteiger charge is -2.16. The van der Waals surface area contributed by atoms with Crippen molar-refractivity contribution in [3.05, 3.63) is 56.7 Å². The smallest absolute Gasteiger partial charge is 0.306 e. The molecule has 3 heterocycles. The van der Waals surface area contributed by atoms with Crippen LogP contribution < -0.4 is 4.90 Å². The van der Waals surface area contributed by atoms with Gasteiger partial charge >= 0.3 is 5.69 Å². The number of hydrogen-bond donors (Lipinski definition) is 0. The Balaban J connectivity index is 1.50. The first-order valence-corrected chi connectivity index (χ1v) is 12.2. The minimum absolute atomic E-state index is 0.0240. The first kappa shape index (κ1) is 24.6. The van der Waals surface area contributed by atoms with E-state index in [-0.39, 0.29) is 23.9 Å². The van der Waals surface area contributed by atoms with Crippen LogP contribution in [-0.4, -0.2) is 46.5 Å². The van der Waals surface area contributed by atoms with Crippen molar-refractivity contribution in [1.29, 1.82) is 0 Å². The lowest BCUT2D eigenvalue weighted by Crippen LogP contribution is -2.31. The van der Waals surface area contributed by atoms with Gasteiger partial charge < -0.3 is 4.57 Å². The Labute approximate surface area is 206 Å². The van der Waals surface area contributed by atoms with Crippen LogP contribution in [0.3, 0.4) is 0 Å². The van der Waals surface area contributed by atoms with Crippen LogP contribution >= 0.6 is 11.8 Å². The van der Waals surface area contributed by atoms with Gasteiger partial charge in [0.2, 0.25) is 11.8 Å². The summed E-state index contributed by atoms with van der Waals surface area (Å²) in [5.41, 5.74) is 3.46. The first-order valence-electron chi connectivity index (χ1n) is 11.3. The molecular formula is C23H27N7O4S. The van der Waals surface area contributed by atoms with Crippen LogP contribution in [0.4, 0.5) is 11.4 Å². The average Bonchev–Trinajstić information content (AvgIpc) is 3.38. The van der Waals surface area contributed by atoms with Gasteiger partial charge in [0.1, 0.15) is 22.5 Å². The number of aryl methyl sites for hydroxylation is 5. The number of amides is 2. The molecule has 1 aliphatic heterocycles. The van der Waals surface area contributed by atoms with Crippen molar-refractivity contribution in [3.63, 3.8) is 0 Å². The lowest BCUT2D eigenvalue weighted by atomic mass is 10.1. The van der Waals surface area contributed by atoms with Crippen LogP contribution in [0.5, 0.6) is 0 Å². The second-order valence-corrected chi connectivity index (χ2v) is 9.79. The van der Waals surface area contributed by atoms with E-state index in [2.05, 4.69) is 15.3 Å². The van der Waals surface area contributed by atoms with Gasteiger partial charge in [0.15, 0.2) is 5.16 Å². The van der Waals surface area contributed by atoms with E-state index in [0.717, 1.165) is 11.1 Å². The van der Waals surface area contributed by atoms with Gasteiger partial charge in [0.05, 0.1) is 10.6 Å². The number of imide groups is 1. The van der Waals surface area contributed by atoms with E-state index < -0.39 is 10.2 Å². The molecule has 1 fully saturated rings. The van der Waals surface area contributed by atoms with E-state index in [1.807, 2.05) is 43.5 Å². The summed E-state index contributed by atoms with van der Waals surface area (Å²) >= 11 is 1.24. The van der Waals surface area contributed by atoms with Crippen molar-refractivity contribution >= 4 is 35.0 Å². The molecule has 35 heavy (non-hydrogen) atoms. The molecule has 0 radical (unpaired) electrons. The maximum atomic E-state index is 13.1. The summed E-state index contributed by atoms with van der Waals surface area (Å²) in [6, 6.07) is 5.67. The van der Waals surface area contributed by atoms with Gasteiger partial charge in [-0.05, 0) is 57.9 Å². The minimum Gasteiger partial charge on any atom is -0.306 e. The number of rotatable bonds is 8. The fourth-order valence-electron chi connectivity index (χ4n) is 4.46. The number of benzene rings is 1. The largest absolute Gasteiger partial charge is 0.312 e.